The monoisotopic (exact) mass is 294 g/mol. The van der Waals surface area contributed by atoms with Gasteiger partial charge in [0, 0.05) is 11.1 Å². The van der Waals surface area contributed by atoms with Crippen LogP contribution in [0.3, 0.4) is 0 Å². The van der Waals surface area contributed by atoms with E-state index in [9.17, 15) is 14.4 Å². The first kappa shape index (κ1) is 12.9. The molecule has 0 fully saturated rings. The average molecular weight is 295 g/mol. The normalized spacial score (nSPS) is 17.4. The Morgan fingerprint density at radius 3 is 2.90 bits per heavy atom. The van der Waals surface area contributed by atoms with E-state index in [1.165, 1.54) is 4.57 Å². The Kier molecular flexibility index (Phi) is 2.90. The van der Waals surface area contributed by atoms with Gasteiger partial charge in [0.15, 0.2) is 0 Å². The van der Waals surface area contributed by atoms with Crippen molar-refractivity contribution >= 4 is 28.6 Å². The predicted molar refractivity (Wildman–Crippen MR) is 73.4 cm³/mol. The maximum absolute atomic E-state index is 12.1. The number of carbonyl (C=O) groups is 1. The minimum atomic E-state index is -0.993. The molecule has 1 aromatic carbocycles. The highest BCUT2D eigenvalue weighted by molar-refractivity contribution is 6.31. The van der Waals surface area contributed by atoms with Crippen molar-refractivity contribution in [3.8, 4) is 0 Å². The molecule has 0 radical (unpaired) electrons. The number of hydrogen-bond donors (Lipinski definition) is 2. The summed E-state index contributed by atoms with van der Waals surface area (Å²) in [5.74, 6) is -0.993. The summed E-state index contributed by atoms with van der Waals surface area (Å²) in [5.41, 5.74) is 0.418. The number of rotatable bonds is 2. The van der Waals surface area contributed by atoms with Crippen LogP contribution in [0.15, 0.2) is 21.7 Å². The molecule has 0 unspecified atom stereocenters. The van der Waals surface area contributed by atoms with Gasteiger partial charge in [-0.05, 0) is 30.5 Å². The van der Waals surface area contributed by atoms with E-state index in [0.29, 0.717) is 28.9 Å². The van der Waals surface area contributed by atoms with Gasteiger partial charge in [-0.25, -0.2) is 0 Å². The molecule has 20 heavy (non-hydrogen) atoms. The van der Waals surface area contributed by atoms with Crippen molar-refractivity contribution in [2.24, 2.45) is 0 Å². The summed E-state index contributed by atoms with van der Waals surface area (Å²) >= 11 is 5.99. The number of aromatic amines is 1. The quantitative estimate of drug-likeness (QED) is 0.817. The number of nitrogens with one attached hydrogen (secondary N) is 1. The van der Waals surface area contributed by atoms with Crippen molar-refractivity contribution in [1.29, 1.82) is 0 Å². The van der Waals surface area contributed by atoms with Crippen LogP contribution in [0.25, 0.3) is 11.0 Å². The lowest BCUT2D eigenvalue weighted by molar-refractivity contribution is -0.138. The maximum Gasteiger partial charge on any atom is 0.317 e. The third-order valence-corrected chi connectivity index (χ3v) is 3.80. The van der Waals surface area contributed by atoms with Crippen LogP contribution in [0.4, 0.5) is 0 Å². The lowest BCUT2D eigenvalue weighted by Gasteiger charge is -2.26. The Morgan fingerprint density at radius 1 is 1.45 bits per heavy atom. The van der Waals surface area contributed by atoms with Gasteiger partial charge >= 0.3 is 17.1 Å². The fourth-order valence-electron chi connectivity index (χ4n) is 2.81. The molecule has 1 aromatic heterocycles. The fourth-order valence-corrected chi connectivity index (χ4v) is 3.05. The molecule has 3 rings (SSSR count). The highest BCUT2D eigenvalue weighted by Gasteiger charge is 2.26. The van der Waals surface area contributed by atoms with Gasteiger partial charge in [-0.3, -0.25) is 19.0 Å². The van der Waals surface area contributed by atoms with Gasteiger partial charge in [-0.2, -0.15) is 0 Å². The average Bonchev–Trinajstić information content (AvgIpc) is 2.36. The lowest BCUT2D eigenvalue weighted by Crippen LogP contribution is -2.40. The van der Waals surface area contributed by atoms with Gasteiger partial charge in [0.25, 0.3) is 0 Å². The molecule has 0 amide bonds. The van der Waals surface area contributed by atoms with Crippen LogP contribution < -0.4 is 11.1 Å². The number of aromatic nitrogens is 2. The molecule has 2 aromatic rings. The van der Waals surface area contributed by atoms with E-state index < -0.39 is 23.1 Å². The zero-order chi connectivity index (χ0) is 14.4. The summed E-state index contributed by atoms with van der Waals surface area (Å²) in [6, 6.07) is 2.81. The Morgan fingerprint density at radius 2 is 2.20 bits per heavy atom. The molecule has 0 aliphatic carbocycles. The second-order valence-electron chi connectivity index (χ2n) is 4.88. The van der Waals surface area contributed by atoms with Gasteiger partial charge < -0.3 is 10.1 Å². The topological polar surface area (TPSA) is 92.2 Å². The highest BCUT2D eigenvalue weighted by atomic mass is 35.5. The predicted octanol–water partition coefficient (Wildman–Crippen LogP) is 1.31. The Labute approximate surface area is 117 Å². The minimum absolute atomic E-state index is 0.180. The van der Waals surface area contributed by atoms with E-state index >= 15 is 0 Å². The van der Waals surface area contributed by atoms with Crippen molar-refractivity contribution in [2.45, 2.75) is 25.3 Å². The zero-order valence-corrected chi connectivity index (χ0v) is 11.1. The van der Waals surface area contributed by atoms with Crippen LogP contribution >= 0.6 is 11.6 Å². The molecule has 2 N–H and O–H groups in total. The second-order valence-corrected chi connectivity index (χ2v) is 5.32. The van der Waals surface area contributed by atoms with Crippen molar-refractivity contribution in [3.63, 3.8) is 0 Å². The number of carboxylic acids is 1. The highest BCUT2D eigenvalue weighted by Crippen LogP contribution is 2.31. The second kappa shape index (κ2) is 4.49. The van der Waals surface area contributed by atoms with E-state index in [1.54, 1.807) is 12.1 Å². The van der Waals surface area contributed by atoms with Gasteiger partial charge in [-0.1, -0.05) is 11.6 Å². The number of halogens is 1. The number of benzene rings is 1. The van der Waals surface area contributed by atoms with E-state index in [0.717, 1.165) is 5.56 Å². The smallest absolute Gasteiger partial charge is 0.317 e. The third kappa shape index (κ3) is 1.92. The number of hydrogen-bond acceptors (Lipinski definition) is 3. The minimum Gasteiger partial charge on any atom is -0.481 e. The molecule has 0 bridgehead atoms. The van der Waals surface area contributed by atoms with Crippen molar-refractivity contribution in [2.75, 3.05) is 0 Å². The first-order valence-electron chi connectivity index (χ1n) is 6.16. The van der Waals surface area contributed by atoms with Crippen LogP contribution in [0.2, 0.25) is 5.02 Å². The first-order chi connectivity index (χ1) is 9.47. The summed E-state index contributed by atoms with van der Waals surface area (Å²) in [5, 5.41) is 9.43. The standard InChI is InChI=1S/C13H11ClN2O4/c14-7-3-6-1-2-8(5-10(17)18)16-11(6)9(4-7)15-12(19)13(16)20/h3-4,8H,1-2,5H2,(H,15,19)(H,17,18)/t8-/m0/s1. The first-order valence-corrected chi connectivity index (χ1v) is 6.54. The summed E-state index contributed by atoms with van der Waals surface area (Å²) in [7, 11) is 0. The van der Waals surface area contributed by atoms with Gasteiger partial charge in [-0.15, -0.1) is 0 Å². The van der Waals surface area contributed by atoms with Crippen molar-refractivity contribution in [3.05, 3.63) is 43.4 Å². The zero-order valence-electron chi connectivity index (χ0n) is 10.4. The van der Waals surface area contributed by atoms with Crippen LogP contribution in [0.1, 0.15) is 24.4 Å². The van der Waals surface area contributed by atoms with Crippen LogP contribution in [-0.2, 0) is 11.2 Å². The van der Waals surface area contributed by atoms with Crippen LogP contribution in [-0.4, -0.2) is 20.6 Å². The molecule has 1 atom stereocenters. The van der Waals surface area contributed by atoms with Crippen LogP contribution in [0, 0.1) is 0 Å². The summed E-state index contributed by atoms with van der Waals surface area (Å²) in [4.78, 5) is 37.2. The number of nitrogens with zero attached hydrogens (tertiary/aromatic N) is 1. The van der Waals surface area contributed by atoms with E-state index in [-0.39, 0.29) is 6.42 Å². The Hall–Kier alpha value is -2.08. The molecule has 0 spiro atoms. The van der Waals surface area contributed by atoms with Crippen LogP contribution in [0.5, 0.6) is 0 Å². The summed E-state index contributed by atoms with van der Waals surface area (Å²) in [6.07, 6.45) is 0.944. The molecular weight excluding hydrogens is 284 g/mol. The molecular formula is C13H11ClN2O4. The molecule has 0 saturated carbocycles. The van der Waals surface area contributed by atoms with Gasteiger partial charge in [0.05, 0.1) is 17.5 Å². The van der Waals surface area contributed by atoms with Gasteiger partial charge in [0.1, 0.15) is 0 Å². The van der Waals surface area contributed by atoms with Gasteiger partial charge in [0.2, 0.25) is 0 Å². The number of aryl methyl sites for hydroxylation is 1. The molecule has 0 saturated heterocycles. The van der Waals surface area contributed by atoms with E-state index in [1.807, 2.05) is 0 Å². The van der Waals surface area contributed by atoms with E-state index in [4.69, 9.17) is 16.7 Å². The number of carboxylic acid groups (broad SMARTS) is 1. The van der Waals surface area contributed by atoms with Crippen molar-refractivity contribution < 1.29 is 9.90 Å². The number of H-pyrrole nitrogens is 1. The molecule has 1 aliphatic rings. The Bertz CT molecular complexity index is 837. The maximum atomic E-state index is 12.1. The third-order valence-electron chi connectivity index (χ3n) is 3.58. The largest absolute Gasteiger partial charge is 0.481 e. The SMILES string of the molecule is O=C(O)C[C@@H]1CCc2cc(Cl)cc3[nH]c(=O)c(=O)n1c23. The Balaban J connectivity index is 2.39. The summed E-state index contributed by atoms with van der Waals surface area (Å²) in [6.45, 7) is 0. The molecule has 7 heteroatoms. The summed E-state index contributed by atoms with van der Waals surface area (Å²) < 4.78 is 1.30. The lowest BCUT2D eigenvalue weighted by atomic mass is 9.96. The molecule has 1 aliphatic heterocycles. The molecule has 104 valence electrons. The number of aliphatic carboxylic acids is 1. The molecule has 2 heterocycles. The molecule has 6 nitrogen and oxygen atoms in total. The fraction of sp³-hybridized carbons (Fsp3) is 0.308. The van der Waals surface area contributed by atoms with E-state index in [2.05, 4.69) is 4.98 Å². The van der Waals surface area contributed by atoms with Crippen molar-refractivity contribution in [1.82, 2.24) is 9.55 Å².